The van der Waals surface area contributed by atoms with Crippen LogP contribution in [0.1, 0.15) is 41.3 Å². The van der Waals surface area contributed by atoms with Gasteiger partial charge < -0.3 is 25.2 Å². The van der Waals surface area contributed by atoms with Crippen LogP contribution in [0, 0.1) is 0 Å². The van der Waals surface area contributed by atoms with E-state index in [0.717, 1.165) is 42.5 Å². The lowest BCUT2D eigenvalue weighted by Gasteiger charge is -2.18. The highest BCUT2D eigenvalue weighted by Crippen LogP contribution is 2.44. The minimum Gasteiger partial charge on any atom is -0.508 e. The Labute approximate surface area is 268 Å². The summed E-state index contributed by atoms with van der Waals surface area (Å²) >= 11 is 2.92. The molecule has 2 amide bonds. The number of nitrogens with zero attached hydrogens (tertiary/aromatic N) is 2. The molecule has 232 valence electrons. The van der Waals surface area contributed by atoms with E-state index in [-0.39, 0.29) is 24.2 Å². The number of amides is 2. The van der Waals surface area contributed by atoms with Gasteiger partial charge in [-0.05, 0) is 59.7 Å². The van der Waals surface area contributed by atoms with E-state index in [1.165, 1.54) is 30.2 Å². The van der Waals surface area contributed by atoms with E-state index >= 15 is 0 Å². The van der Waals surface area contributed by atoms with Crippen LogP contribution in [0.25, 0.3) is 21.3 Å². The zero-order valence-electron chi connectivity index (χ0n) is 24.5. The van der Waals surface area contributed by atoms with Crippen molar-refractivity contribution in [3.63, 3.8) is 0 Å². The number of methoxy groups -OCH3 is 1. The molecule has 2 unspecified atom stereocenters. The Morgan fingerprint density at radius 1 is 1.02 bits per heavy atom. The van der Waals surface area contributed by atoms with E-state index in [9.17, 15) is 19.5 Å². The molecule has 3 aromatic carbocycles. The molecule has 2 aliphatic rings. The number of unbranched alkanes of at least 4 members (excludes halogenated alkanes) is 1. The summed E-state index contributed by atoms with van der Waals surface area (Å²) in [7, 11) is 1.28. The van der Waals surface area contributed by atoms with Crippen molar-refractivity contribution in [3.05, 3.63) is 82.9 Å². The number of thioether (sulfide) groups is 1. The quantitative estimate of drug-likeness (QED) is 0.149. The number of hydrogen-bond donors (Lipinski definition) is 3. The maximum atomic E-state index is 12.7. The molecular weight excluding hydrogens is 613 g/mol. The average Bonchev–Trinajstić information content (AvgIpc) is 3.78. The van der Waals surface area contributed by atoms with Gasteiger partial charge in [-0.3, -0.25) is 9.79 Å². The van der Waals surface area contributed by atoms with Crippen LogP contribution in [0.4, 0.5) is 4.79 Å². The number of thiazole rings is 1. The van der Waals surface area contributed by atoms with Gasteiger partial charge in [0.1, 0.15) is 34.5 Å². The summed E-state index contributed by atoms with van der Waals surface area (Å²) in [6.07, 6.45) is 0.819. The number of aliphatic imine (C=N–C) groups is 1. The molecule has 1 aliphatic carbocycles. The second-order valence-electron chi connectivity index (χ2n) is 10.8. The van der Waals surface area contributed by atoms with Crippen LogP contribution in [0.5, 0.6) is 5.75 Å². The SMILES string of the molecule is COC(=O)C(CCCCNC(=O)C1CSC(c2nc3ccc(O)cc3s2)=N1)NC(=O)OCC1c2ccccc2-c2ccccc21. The van der Waals surface area contributed by atoms with E-state index in [1.807, 2.05) is 36.4 Å². The number of carbonyl (C=O) groups is 3. The first kappa shape index (κ1) is 30.6. The third-order valence-electron chi connectivity index (χ3n) is 7.85. The Morgan fingerprint density at radius 3 is 2.49 bits per heavy atom. The van der Waals surface area contributed by atoms with Crippen molar-refractivity contribution in [2.75, 3.05) is 26.0 Å². The molecule has 0 saturated heterocycles. The number of hydrogen-bond acceptors (Lipinski definition) is 10. The van der Waals surface area contributed by atoms with Crippen LogP contribution in [0.3, 0.4) is 0 Å². The number of aromatic nitrogens is 1. The molecule has 0 spiro atoms. The zero-order chi connectivity index (χ0) is 31.3. The predicted octanol–water partition coefficient (Wildman–Crippen LogP) is 5.23. The number of nitrogens with one attached hydrogen (secondary N) is 2. The van der Waals surface area contributed by atoms with Gasteiger partial charge in [-0.1, -0.05) is 48.5 Å². The fourth-order valence-corrected chi connectivity index (χ4v) is 7.71. The first-order chi connectivity index (χ1) is 21.9. The van der Waals surface area contributed by atoms with E-state index in [1.54, 1.807) is 18.2 Å². The lowest BCUT2D eigenvalue weighted by atomic mass is 9.98. The van der Waals surface area contributed by atoms with Crippen molar-refractivity contribution < 1.29 is 29.0 Å². The largest absolute Gasteiger partial charge is 0.508 e. The van der Waals surface area contributed by atoms with Crippen LogP contribution in [0.15, 0.2) is 71.7 Å². The minimum atomic E-state index is -0.865. The number of ether oxygens (including phenoxy) is 2. The van der Waals surface area contributed by atoms with Crippen molar-refractivity contribution in [2.24, 2.45) is 4.99 Å². The normalized spacial score (nSPS) is 16.0. The smallest absolute Gasteiger partial charge is 0.407 e. The fourth-order valence-electron chi connectivity index (χ4n) is 5.61. The molecule has 0 bridgehead atoms. The third-order valence-corrected chi connectivity index (χ3v) is 10.1. The number of esters is 1. The van der Waals surface area contributed by atoms with Crippen molar-refractivity contribution in [1.29, 1.82) is 0 Å². The van der Waals surface area contributed by atoms with Crippen LogP contribution in [0.2, 0.25) is 0 Å². The van der Waals surface area contributed by atoms with Gasteiger partial charge in [0.05, 0.1) is 17.3 Å². The zero-order valence-corrected chi connectivity index (χ0v) is 26.2. The Hall–Kier alpha value is -4.42. The lowest BCUT2D eigenvalue weighted by molar-refractivity contribution is -0.143. The molecule has 0 fully saturated rings. The topological polar surface area (TPSA) is 139 Å². The number of benzene rings is 3. The van der Waals surface area contributed by atoms with Crippen molar-refractivity contribution in [2.45, 2.75) is 37.3 Å². The van der Waals surface area contributed by atoms with Crippen LogP contribution >= 0.6 is 23.1 Å². The molecular formula is C33H32N4O6S2. The number of alkyl carbamates (subject to hydrolysis) is 1. The first-order valence-corrected chi connectivity index (χ1v) is 16.5. The molecule has 1 aliphatic heterocycles. The monoisotopic (exact) mass is 644 g/mol. The Kier molecular flexibility index (Phi) is 9.31. The first-order valence-electron chi connectivity index (χ1n) is 14.7. The van der Waals surface area contributed by atoms with Gasteiger partial charge in [-0.15, -0.1) is 23.1 Å². The highest BCUT2D eigenvalue weighted by Gasteiger charge is 2.30. The van der Waals surface area contributed by atoms with Gasteiger partial charge in [-0.2, -0.15) is 0 Å². The Morgan fingerprint density at radius 2 is 1.76 bits per heavy atom. The number of phenolic OH excluding ortho intramolecular Hbond substituents is 1. The van der Waals surface area contributed by atoms with Gasteiger partial charge in [0.2, 0.25) is 5.91 Å². The molecule has 45 heavy (non-hydrogen) atoms. The number of rotatable bonds is 11. The summed E-state index contributed by atoms with van der Waals surface area (Å²) in [6.45, 7) is 0.552. The second kappa shape index (κ2) is 13.7. The highest BCUT2D eigenvalue weighted by atomic mass is 32.2. The maximum Gasteiger partial charge on any atom is 0.407 e. The molecule has 10 nitrogen and oxygen atoms in total. The van der Waals surface area contributed by atoms with Crippen LogP contribution in [-0.4, -0.2) is 71.2 Å². The summed E-state index contributed by atoms with van der Waals surface area (Å²) in [4.78, 5) is 47.0. The summed E-state index contributed by atoms with van der Waals surface area (Å²) in [5, 5.41) is 16.7. The van der Waals surface area contributed by atoms with Gasteiger partial charge >= 0.3 is 12.1 Å². The summed E-state index contributed by atoms with van der Waals surface area (Å²) in [6, 6.07) is 19.8. The molecule has 2 heterocycles. The molecule has 0 radical (unpaired) electrons. The van der Waals surface area contributed by atoms with Gasteiger partial charge in [0.15, 0.2) is 0 Å². The van der Waals surface area contributed by atoms with Gasteiger partial charge in [0.25, 0.3) is 0 Å². The molecule has 3 N–H and O–H groups in total. The Balaban J connectivity index is 0.953. The van der Waals surface area contributed by atoms with Gasteiger partial charge in [0, 0.05) is 18.2 Å². The van der Waals surface area contributed by atoms with Gasteiger partial charge in [-0.25, -0.2) is 14.6 Å². The van der Waals surface area contributed by atoms with E-state index in [4.69, 9.17) is 9.47 Å². The average molecular weight is 645 g/mol. The van der Waals surface area contributed by atoms with Crippen LogP contribution in [-0.2, 0) is 19.1 Å². The van der Waals surface area contributed by atoms with E-state index in [0.29, 0.717) is 31.6 Å². The number of aromatic hydroxyl groups is 1. The molecule has 12 heteroatoms. The number of carbonyl (C=O) groups excluding carboxylic acids is 3. The second-order valence-corrected chi connectivity index (χ2v) is 12.8. The van der Waals surface area contributed by atoms with Crippen molar-refractivity contribution in [3.8, 4) is 16.9 Å². The van der Waals surface area contributed by atoms with E-state index in [2.05, 4.69) is 32.7 Å². The summed E-state index contributed by atoms with van der Waals surface area (Å²) in [5.74, 6) is -0.101. The summed E-state index contributed by atoms with van der Waals surface area (Å²) < 4.78 is 11.4. The lowest BCUT2D eigenvalue weighted by Crippen LogP contribution is -2.42. The highest BCUT2D eigenvalue weighted by molar-refractivity contribution is 8.15. The molecule has 2 atom stereocenters. The predicted molar refractivity (Wildman–Crippen MR) is 175 cm³/mol. The molecule has 0 saturated carbocycles. The number of phenols is 1. The van der Waals surface area contributed by atoms with Crippen molar-refractivity contribution in [1.82, 2.24) is 15.6 Å². The van der Waals surface area contributed by atoms with Crippen LogP contribution < -0.4 is 10.6 Å². The molecule has 1 aromatic heterocycles. The maximum absolute atomic E-state index is 12.7. The molecule has 4 aromatic rings. The standard InChI is InChI=1S/C33H32N4O6S2/c1-42-32(40)26(37-33(41)43-17-24-22-10-4-2-8-20(22)21-9-3-5-11-23(21)24)12-6-7-15-34-29(39)27-18-44-30(36-27)31-35-25-14-13-19(38)16-28(25)45-31/h2-5,8-11,13-14,16,24,26-27,38H,6-7,12,15,17-18H2,1H3,(H,34,39)(H,37,41). The molecule has 6 rings (SSSR count). The Bertz CT molecular complexity index is 1730. The third kappa shape index (κ3) is 6.81. The van der Waals surface area contributed by atoms with E-state index < -0.39 is 24.1 Å². The van der Waals surface area contributed by atoms with Crippen molar-refractivity contribution >= 4 is 56.3 Å². The fraction of sp³-hybridized carbons (Fsp3) is 0.303. The summed E-state index contributed by atoms with van der Waals surface area (Å²) in [5.41, 5.74) is 5.26. The number of fused-ring (bicyclic) bond motifs is 4. The minimum absolute atomic E-state index is 0.0855.